The number of carbonyl (C=O) groups excluding carboxylic acids is 1. The number of aryl methyl sites for hydroxylation is 1. The summed E-state index contributed by atoms with van der Waals surface area (Å²) >= 11 is 0. The van der Waals surface area contributed by atoms with Crippen molar-refractivity contribution in [3.05, 3.63) is 54.0 Å². The van der Waals surface area contributed by atoms with Crippen LogP contribution < -0.4 is 5.32 Å². The second-order valence-corrected chi connectivity index (χ2v) is 9.21. The van der Waals surface area contributed by atoms with Crippen LogP contribution in [0.4, 0.5) is 0 Å². The number of rotatable bonds is 4. The number of fused-ring (bicyclic) bond motifs is 1. The molecular formula is C20H24N2O4S. The molecule has 1 aromatic heterocycles. The van der Waals surface area contributed by atoms with E-state index in [9.17, 15) is 13.2 Å². The Bertz CT molecular complexity index is 907. The number of hydrogen-bond donors (Lipinski definition) is 1. The SMILES string of the molecule is O=C(N[C@H]1CCCc2occc21)[C@H]1CCCN(S(=O)(=O)c2ccccc2)C1. The minimum absolute atomic E-state index is 0.0406. The van der Waals surface area contributed by atoms with Gasteiger partial charge < -0.3 is 9.73 Å². The first-order valence-corrected chi connectivity index (χ1v) is 10.9. The van der Waals surface area contributed by atoms with Crippen molar-refractivity contribution in [1.82, 2.24) is 9.62 Å². The van der Waals surface area contributed by atoms with Gasteiger partial charge in [0.15, 0.2) is 0 Å². The average molecular weight is 388 g/mol. The highest BCUT2D eigenvalue weighted by molar-refractivity contribution is 7.89. The molecule has 2 aliphatic rings. The van der Waals surface area contributed by atoms with Gasteiger partial charge in [-0.25, -0.2) is 8.42 Å². The summed E-state index contributed by atoms with van der Waals surface area (Å²) in [5.41, 5.74) is 1.05. The molecule has 4 rings (SSSR count). The third-order valence-electron chi connectivity index (χ3n) is 5.50. The Kier molecular flexibility index (Phi) is 5.06. The van der Waals surface area contributed by atoms with Crippen LogP contribution in [-0.4, -0.2) is 31.7 Å². The molecule has 27 heavy (non-hydrogen) atoms. The molecule has 7 heteroatoms. The number of furan rings is 1. The largest absolute Gasteiger partial charge is 0.469 e. The van der Waals surface area contributed by atoms with Crippen molar-refractivity contribution in [2.24, 2.45) is 5.92 Å². The maximum atomic E-state index is 12.9. The van der Waals surface area contributed by atoms with Crippen LogP contribution in [0.5, 0.6) is 0 Å². The van der Waals surface area contributed by atoms with Crippen molar-refractivity contribution < 1.29 is 17.6 Å². The molecule has 0 radical (unpaired) electrons. The number of hydrogen-bond acceptors (Lipinski definition) is 4. The molecule has 2 heterocycles. The highest BCUT2D eigenvalue weighted by atomic mass is 32.2. The summed E-state index contributed by atoms with van der Waals surface area (Å²) in [5, 5.41) is 3.12. The minimum atomic E-state index is -3.56. The zero-order valence-electron chi connectivity index (χ0n) is 15.1. The lowest BCUT2D eigenvalue weighted by atomic mass is 9.92. The molecule has 144 valence electrons. The summed E-state index contributed by atoms with van der Waals surface area (Å²) in [4.78, 5) is 13.1. The van der Waals surface area contributed by atoms with E-state index in [0.717, 1.165) is 30.6 Å². The third-order valence-corrected chi connectivity index (χ3v) is 7.38. The fraction of sp³-hybridized carbons (Fsp3) is 0.450. The van der Waals surface area contributed by atoms with Crippen LogP contribution in [-0.2, 0) is 21.2 Å². The monoisotopic (exact) mass is 388 g/mol. The van der Waals surface area contributed by atoms with E-state index < -0.39 is 10.0 Å². The molecule has 2 atom stereocenters. The molecule has 6 nitrogen and oxygen atoms in total. The molecule has 1 aromatic carbocycles. The van der Waals surface area contributed by atoms with Crippen LogP contribution in [0.2, 0.25) is 0 Å². The van der Waals surface area contributed by atoms with Gasteiger partial charge in [0.25, 0.3) is 0 Å². The Hall–Kier alpha value is -2.12. The van der Waals surface area contributed by atoms with Gasteiger partial charge in [-0.05, 0) is 43.9 Å². The molecule has 2 aromatic rings. The van der Waals surface area contributed by atoms with Gasteiger partial charge in [-0.1, -0.05) is 18.2 Å². The van der Waals surface area contributed by atoms with Gasteiger partial charge in [0, 0.05) is 25.1 Å². The molecule has 1 fully saturated rings. The van der Waals surface area contributed by atoms with Gasteiger partial charge in [-0.3, -0.25) is 4.79 Å². The van der Waals surface area contributed by atoms with Crippen LogP contribution in [0.3, 0.4) is 0 Å². The Morgan fingerprint density at radius 1 is 1.11 bits per heavy atom. The Balaban J connectivity index is 1.45. The van der Waals surface area contributed by atoms with Gasteiger partial charge in [-0.2, -0.15) is 4.31 Å². The number of nitrogens with one attached hydrogen (secondary N) is 1. The Labute approximate surface area is 159 Å². The van der Waals surface area contributed by atoms with Crippen LogP contribution in [0.15, 0.2) is 52.0 Å². The summed E-state index contributed by atoms with van der Waals surface area (Å²) < 4.78 is 32.6. The maximum Gasteiger partial charge on any atom is 0.243 e. The van der Waals surface area contributed by atoms with Crippen molar-refractivity contribution in [3.63, 3.8) is 0 Å². The molecule has 0 saturated carbocycles. The Morgan fingerprint density at radius 2 is 1.93 bits per heavy atom. The first kappa shape index (κ1) is 18.3. The minimum Gasteiger partial charge on any atom is -0.469 e. The molecule has 1 aliphatic heterocycles. The summed E-state index contributed by atoms with van der Waals surface area (Å²) in [6, 6.07) is 10.3. The van der Waals surface area contributed by atoms with E-state index in [2.05, 4.69) is 5.32 Å². The van der Waals surface area contributed by atoms with E-state index in [1.54, 1.807) is 36.6 Å². The smallest absolute Gasteiger partial charge is 0.243 e. The van der Waals surface area contributed by atoms with E-state index in [-0.39, 0.29) is 29.3 Å². The maximum absolute atomic E-state index is 12.9. The predicted molar refractivity (Wildman–Crippen MR) is 100 cm³/mol. The third kappa shape index (κ3) is 3.66. The van der Waals surface area contributed by atoms with Crippen LogP contribution in [0.1, 0.15) is 43.0 Å². The van der Waals surface area contributed by atoms with Crippen molar-refractivity contribution >= 4 is 15.9 Å². The van der Waals surface area contributed by atoms with Crippen LogP contribution in [0.25, 0.3) is 0 Å². The molecule has 1 amide bonds. The predicted octanol–water partition coefficient (Wildman–Crippen LogP) is 2.87. The van der Waals surface area contributed by atoms with Gasteiger partial charge in [0.05, 0.1) is 23.1 Å². The molecule has 1 N–H and O–H groups in total. The Morgan fingerprint density at radius 3 is 2.74 bits per heavy atom. The second kappa shape index (κ2) is 7.48. The summed E-state index contributed by atoms with van der Waals surface area (Å²) in [5.74, 6) is 0.556. The number of nitrogens with zero attached hydrogens (tertiary/aromatic N) is 1. The number of sulfonamides is 1. The van der Waals surface area contributed by atoms with E-state index in [4.69, 9.17) is 4.42 Å². The lowest BCUT2D eigenvalue weighted by molar-refractivity contribution is -0.127. The highest BCUT2D eigenvalue weighted by Gasteiger charge is 2.34. The zero-order chi connectivity index (χ0) is 18.9. The van der Waals surface area contributed by atoms with Crippen LogP contribution >= 0.6 is 0 Å². The molecule has 1 aliphatic carbocycles. The number of amides is 1. The molecule has 0 bridgehead atoms. The van der Waals surface area contributed by atoms with Crippen molar-refractivity contribution in [2.45, 2.75) is 43.0 Å². The lowest BCUT2D eigenvalue weighted by Gasteiger charge is -2.32. The first-order valence-electron chi connectivity index (χ1n) is 9.47. The molecule has 1 saturated heterocycles. The van der Waals surface area contributed by atoms with Gasteiger partial charge >= 0.3 is 0 Å². The van der Waals surface area contributed by atoms with Crippen LogP contribution in [0, 0.1) is 5.92 Å². The molecule has 0 spiro atoms. The van der Waals surface area contributed by atoms with E-state index in [1.165, 1.54) is 4.31 Å². The highest BCUT2D eigenvalue weighted by Crippen LogP contribution is 2.31. The zero-order valence-corrected chi connectivity index (χ0v) is 16.0. The molecular weight excluding hydrogens is 364 g/mol. The molecule has 0 unspecified atom stereocenters. The summed E-state index contributed by atoms with van der Waals surface area (Å²) in [7, 11) is -3.56. The number of benzene rings is 1. The van der Waals surface area contributed by atoms with Gasteiger partial charge in [0.1, 0.15) is 5.76 Å². The summed E-state index contributed by atoms with van der Waals surface area (Å²) in [6.45, 7) is 0.685. The van der Waals surface area contributed by atoms with E-state index in [0.29, 0.717) is 19.4 Å². The number of piperidine rings is 1. The first-order chi connectivity index (χ1) is 13.1. The summed E-state index contributed by atoms with van der Waals surface area (Å²) in [6.07, 6.45) is 5.83. The van der Waals surface area contributed by atoms with Crippen molar-refractivity contribution in [3.8, 4) is 0 Å². The van der Waals surface area contributed by atoms with E-state index in [1.807, 2.05) is 6.07 Å². The average Bonchev–Trinajstić information content (AvgIpc) is 3.19. The standard InChI is InChI=1S/C20H24N2O4S/c23-20(21-18-9-4-10-19-17(18)11-13-26-19)15-6-5-12-22(14-15)27(24,25)16-7-2-1-3-8-16/h1-3,7-8,11,13,15,18H,4-6,9-10,12,14H2,(H,21,23)/t15-,18-/m0/s1. The normalized spacial score (nSPS) is 23.6. The second-order valence-electron chi connectivity index (χ2n) is 7.27. The van der Waals surface area contributed by atoms with Gasteiger partial charge in [-0.15, -0.1) is 0 Å². The number of carbonyl (C=O) groups is 1. The topological polar surface area (TPSA) is 79.6 Å². The van der Waals surface area contributed by atoms with E-state index >= 15 is 0 Å². The quantitative estimate of drug-likeness (QED) is 0.873. The van der Waals surface area contributed by atoms with Crippen molar-refractivity contribution in [2.75, 3.05) is 13.1 Å². The fourth-order valence-electron chi connectivity index (χ4n) is 4.04. The van der Waals surface area contributed by atoms with Gasteiger partial charge in [0.2, 0.25) is 15.9 Å². The fourth-order valence-corrected chi connectivity index (χ4v) is 5.59. The van der Waals surface area contributed by atoms with Crippen molar-refractivity contribution in [1.29, 1.82) is 0 Å². The lowest BCUT2D eigenvalue weighted by Crippen LogP contribution is -2.46.